The molecule has 0 aromatic heterocycles. The smallest absolute Gasteiger partial charge is 0.221 e. The van der Waals surface area contributed by atoms with Gasteiger partial charge in [-0.2, -0.15) is 0 Å². The number of carbonyl (C=O) groups excluding carboxylic acids is 1. The summed E-state index contributed by atoms with van der Waals surface area (Å²) < 4.78 is 0. The zero-order chi connectivity index (χ0) is 11.4. The van der Waals surface area contributed by atoms with Crippen LogP contribution in [0.1, 0.15) is 32.1 Å². The summed E-state index contributed by atoms with van der Waals surface area (Å²) in [5, 5.41) is 6.22. The molecule has 0 saturated heterocycles. The number of hydrogen-bond donors (Lipinski definition) is 2. The third-order valence-electron chi connectivity index (χ3n) is 1.94. The Kier molecular flexibility index (Phi) is 9.91. The van der Waals surface area contributed by atoms with Crippen LogP contribution in [0, 0.1) is 0 Å². The summed E-state index contributed by atoms with van der Waals surface area (Å²) in [6.45, 7) is 1.67. The van der Waals surface area contributed by atoms with Crippen LogP contribution >= 0.6 is 0 Å². The van der Waals surface area contributed by atoms with Crippen molar-refractivity contribution in [3.05, 3.63) is 10.4 Å². The average molecular weight is 213 g/mol. The van der Waals surface area contributed by atoms with Crippen molar-refractivity contribution in [3.63, 3.8) is 0 Å². The van der Waals surface area contributed by atoms with E-state index in [1.807, 2.05) is 0 Å². The summed E-state index contributed by atoms with van der Waals surface area (Å²) in [6, 6.07) is 0. The van der Waals surface area contributed by atoms with Gasteiger partial charge in [-0.3, -0.25) is 4.79 Å². The predicted octanol–water partition coefficient (Wildman–Crippen LogP) is 1.32. The molecule has 0 fully saturated rings. The molecule has 0 heterocycles. The Bertz CT molecular complexity index is 213. The zero-order valence-corrected chi connectivity index (χ0v) is 8.98. The van der Waals surface area contributed by atoms with Gasteiger partial charge in [0, 0.05) is 31.0 Å². The molecule has 3 N–H and O–H groups in total. The molecule has 0 atom stereocenters. The van der Waals surface area contributed by atoms with E-state index in [4.69, 9.17) is 11.3 Å². The molecule has 0 unspecified atom stereocenters. The normalized spacial score (nSPS) is 9.40. The van der Waals surface area contributed by atoms with Crippen molar-refractivity contribution < 1.29 is 4.79 Å². The summed E-state index contributed by atoms with van der Waals surface area (Å²) in [5.74, 6) is 0.0200. The molecule has 0 aromatic rings. The second-order valence-corrected chi connectivity index (χ2v) is 3.26. The van der Waals surface area contributed by atoms with Gasteiger partial charge < -0.3 is 11.1 Å². The third kappa shape index (κ3) is 10.7. The first kappa shape index (κ1) is 13.7. The molecule has 0 aromatic carbocycles. The van der Waals surface area contributed by atoms with Gasteiger partial charge in [-0.1, -0.05) is 18.0 Å². The van der Waals surface area contributed by atoms with Gasteiger partial charge in [-0.05, 0) is 18.4 Å². The molecular formula is C9H19N5O. The molecule has 0 spiro atoms. The molecule has 86 valence electrons. The van der Waals surface area contributed by atoms with Crippen LogP contribution in [-0.2, 0) is 4.79 Å². The summed E-state index contributed by atoms with van der Waals surface area (Å²) in [6.07, 6.45) is 4.36. The van der Waals surface area contributed by atoms with Crippen molar-refractivity contribution in [2.75, 3.05) is 19.6 Å². The third-order valence-corrected chi connectivity index (χ3v) is 1.94. The van der Waals surface area contributed by atoms with Crippen LogP contribution in [0.3, 0.4) is 0 Å². The zero-order valence-electron chi connectivity index (χ0n) is 8.98. The Morgan fingerprint density at radius 3 is 2.73 bits per heavy atom. The van der Waals surface area contributed by atoms with Gasteiger partial charge in [0.1, 0.15) is 0 Å². The molecule has 0 saturated carbocycles. The topological polar surface area (TPSA) is 104 Å². The molecule has 0 bridgehead atoms. The molecule has 0 rings (SSSR count). The van der Waals surface area contributed by atoms with Crippen LogP contribution in [-0.4, -0.2) is 25.5 Å². The van der Waals surface area contributed by atoms with Gasteiger partial charge in [-0.15, -0.1) is 0 Å². The van der Waals surface area contributed by atoms with E-state index >= 15 is 0 Å². The number of nitrogens with zero attached hydrogens (tertiary/aromatic N) is 3. The highest BCUT2D eigenvalue weighted by atomic mass is 16.1. The van der Waals surface area contributed by atoms with Crippen LogP contribution in [0.5, 0.6) is 0 Å². The van der Waals surface area contributed by atoms with E-state index in [9.17, 15) is 4.79 Å². The minimum Gasteiger partial charge on any atom is -0.356 e. The van der Waals surface area contributed by atoms with E-state index in [1.54, 1.807) is 0 Å². The molecule has 0 aliphatic carbocycles. The number of unbranched alkanes of at least 4 members (excludes halogenated alkanes) is 3. The lowest BCUT2D eigenvalue weighted by atomic mass is 10.2. The maximum atomic E-state index is 11.0. The number of nitrogens with two attached hydrogens (primary N) is 1. The van der Waals surface area contributed by atoms with Gasteiger partial charge >= 0.3 is 0 Å². The molecule has 0 radical (unpaired) electrons. The maximum Gasteiger partial charge on any atom is 0.221 e. The molecule has 1 amide bonds. The molecule has 6 nitrogen and oxygen atoms in total. The first-order valence-corrected chi connectivity index (χ1v) is 5.29. The number of rotatable bonds is 9. The van der Waals surface area contributed by atoms with Crippen molar-refractivity contribution in [2.24, 2.45) is 10.8 Å². The monoisotopic (exact) mass is 213 g/mol. The van der Waals surface area contributed by atoms with Crippen LogP contribution < -0.4 is 11.1 Å². The lowest BCUT2D eigenvalue weighted by Crippen LogP contribution is -2.26. The van der Waals surface area contributed by atoms with Crippen LogP contribution in [0.15, 0.2) is 5.11 Å². The molecule has 0 aliphatic heterocycles. The molecular weight excluding hydrogens is 194 g/mol. The standard InChI is InChI=1S/C9H19N5O/c10-6-5-9(15)12-7-3-1-2-4-8-13-14-11/h1-8,10H2,(H,12,15). The first-order valence-electron chi connectivity index (χ1n) is 5.29. The highest BCUT2D eigenvalue weighted by Gasteiger charge is 1.97. The largest absolute Gasteiger partial charge is 0.356 e. The highest BCUT2D eigenvalue weighted by Crippen LogP contribution is 1.99. The minimum absolute atomic E-state index is 0.0200. The Morgan fingerprint density at radius 2 is 2.07 bits per heavy atom. The predicted molar refractivity (Wildman–Crippen MR) is 59.2 cm³/mol. The number of nitrogens with one attached hydrogen (secondary N) is 1. The summed E-state index contributed by atoms with van der Waals surface area (Å²) in [4.78, 5) is 13.6. The summed E-state index contributed by atoms with van der Waals surface area (Å²) >= 11 is 0. The lowest BCUT2D eigenvalue weighted by molar-refractivity contribution is -0.120. The number of azide groups is 1. The quantitative estimate of drug-likeness (QED) is 0.261. The second kappa shape index (κ2) is 10.8. The van der Waals surface area contributed by atoms with E-state index in [-0.39, 0.29) is 5.91 Å². The van der Waals surface area contributed by atoms with Gasteiger partial charge in [0.25, 0.3) is 0 Å². The summed E-state index contributed by atoms with van der Waals surface area (Å²) in [7, 11) is 0. The number of amides is 1. The van der Waals surface area contributed by atoms with Crippen molar-refractivity contribution in [1.82, 2.24) is 5.32 Å². The van der Waals surface area contributed by atoms with Gasteiger partial charge in [-0.25, -0.2) is 0 Å². The maximum absolute atomic E-state index is 11.0. The fraction of sp³-hybridized carbons (Fsp3) is 0.889. The van der Waals surface area contributed by atoms with E-state index in [1.165, 1.54) is 0 Å². The molecule has 15 heavy (non-hydrogen) atoms. The minimum atomic E-state index is 0.0200. The number of carbonyl (C=O) groups is 1. The molecule has 0 aliphatic rings. The first-order chi connectivity index (χ1) is 7.31. The average Bonchev–Trinajstić information content (AvgIpc) is 2.22. The van der Waals surface area contributed by atoms with Crippen molar-refractivity contribution in [2.45, 2.75) is 32.1 Å². The van der Waals surface area contributed by atoms with Crippen molar-refractivity contribution in [1.29, 1.82) is 0 Å². The van der Waals surface area contributed by atoms with Crippen LogP contribution in [0.2, 0.25) is 0 Å². The highest BCUT2D eigenvalue weighted by molar-refractivity contribution is 5.75. The SMILES string of the molecule is [N-]=[N+]=NCCCCCCNC(=O)CCN. The van der Waals surface area contributed by atoms with Gasteiger partial charge in [0.15, 0.2) is 0 Å². The van der Waals surface area contributed by atoms with Gasteiger partial charge in [0.05, 0.1) is 0 Å². The van der Waals surface area contributed by atoms with Gasteiger partial charge in [0.2, 0.25) is 5.91 Å². The Labute approximate surface area is 89.8 Å². The molecule has 6 heteroatoms. The Morgan fingerprint density at radius 1 is 1.33 bits per heavy atom. The van der Waals surface area contributed by atoms with Crippen LogP contribution in [0.25, 0.3) is 10.4 Å². The van der Waals surface area contributed by atoms with E-state index in [0.29, 0.717) is 26.1 Å². The van der Waals surface area contributed by atoms with E-state index in [0.717, 1.165) is 25.7 Å². The lowest BCUT2D eigenvalue weighted by Gasteiger charge is -2.03. The summed E-state index contributed by atoms with van der Waals surface area (Å²) in [5.41, 5.74) is 13.2. The Balaban J connectivity index is 3.10. The Hall–Kier alpha value is -1.26. The van der Waals surface area contributed by atoms with Crippen molar-refractivity contribution >= 4 is 5.91 Å². The van der Waals surface area contributed by atoms with E-state index < -0.39 is 0 Å². The number of hydrogen-bond acceptors (Lipinski definition) is 3. The fourth-order valence-corrected chi connectivity index (χ4v) is 1.15. The van der Waals surface area contributed by atoms with E-state index in [2.05, 4.69) is 15.3 Å². The second-order valence-electron chi connectivity index (χ2n) is 3.26. The van der Waals surface area contributed by atoms with Crippen LogP contribution in [0.4, 0.5) is 0 Å². The fourth-order valence-electron chi connectivity index (χ4n) is 1.15. The van der Waals surface area contributed by atoms with Crippen molar-refractivity contribution in [3.8, 4) is 0 Å².